The maximum Gasteiger partial charge on any atom is 0.377 e. The van der Waals surface area contributed by atoms with Crippen LogP contribution in [-0.2, 0) is 4.79 Å². The fraction of sp³-hybridized carbons (Fsp3) is 0. The Balaban J connectivity index is 3.15. The predicted molar refractivity (Wildman–Crippen MR) is 53.8 cm³/mol. The van der Waals surface area contributed by atoms with Crippen LogP contribution in [0.25, 0.3) is 0 Å². The van der Waals surface area contributed by atoms with Gasteiger partial charge in [0.1, 0.15) is 0 Å². The van der Waals surface area contributed by atoms with E-state index in [1.165, 1.54) is 12.1 Å². The van der Waals surface area contributed by atoms with Crippen LogP contribution in [0.1, 0.15) is 10.4 Å². The number of carboxylic acids is 1. The SMILES string of the molecule is O=C(O)C(=O)c1cc(Br)cc(Br)c1. The van der Waals surface area contributed by atoms with Gasteiger partial charge in [0.05, 0.1) is 0 Å². The van der Waals surface area contributed by atoms with Crippen LogP contribution in [0.15, 0.2) is 27.1 Å². The Morgan fingerprint density at radius 1 is 1.08 bits per heavy atom. The zero-order valence-electron chi connectivity index (χ0n) is 6.25. The molecule has 0 amide bonds. The molecule has 0 aliphatic rings. The van der Waals surface area contributed by atoms with Crippen molar-refractivity contribution < 1.29 is 14.7 Å². The van der Waals surface area contributed by atoms with Gasteiger partial charge in [0, 0.05) is 14.5 Å². The van der Waals surface area contributed by atoms with Crippen molar-refractivity contribution in [2.45, 2.75) is 0 Å². The van der Waals surface area contributed by atoms with Crippen molar-refractivity contribution in [2.24, 2.45) is 0 Å². The summed E-state index contributed by atoms with van der Waals surface area (Å²) in [6.45, 7) is 0. The van der Waals surface area contributed by atoms with Crippen molar-refractivity contribution in [3.05, 3.63) is 32.7 Å². The molecule has 1 rings (SSSR count). The lowest BCUT2D eigenvalue weighted by molar-refractivity contribution is -0.131. The fourth-order valence-corrected chi connectivity index (χ4v) is 2.10. The minimum atomic E-state index is -1.45. The van der Waals surface area contributed by atoms with E-state index in [1.54, 1.807) is 6.07 Å². The summed E-state index contributed by atoms with van der Waals surface area (Å²) in [4.78, 5) is 21.3. The van der Waals surface area contributed by atoms with Crippen molar-refractivity contribution >= 4 is 43.6 Å². The summed E-state index contributed by atoms with van der Waals surface area (Å²) in [5.74, 6) is -2.37. The van der Waals surface area contributed by atoms with Crippen molar-refractivity contribution in [1.29, 1.82) is 0 Å². The second-order valence-electron chi connectivity index (χ2n) is 2.29. The molecule has 1 N–H and O–H groups in total. The Morgan fingerprint density at radius 3 is 1.92 bits per heavy atom. The number of ketones is 1. The van der Waals surface area contributed by atoms with Crippen molar-refractivity contribution in [3.63, 3.8) is 0 Å². The molecule has 0 atom stereocenters. The minimum Gasteiger partial charge on any atom is -0.475 e. The summed E-state index contributed by atoms with van der Waals surface area (Å²) >= 11 is 6.31. The third-order valence-electron chi connectivity index (χ3n) is 1.32. The molecule has 0 unspecified atom stereocenters. The summed E-state index contributed by atoms with van der Waals surface area (Å²) in [6.07, 6.45) is 0. The fourth-order valence-electron chi connectivity index (χ4n) is 0.808. The molecular weight excluding hydrogens is 304 g/mol. The number of hydrogen-bond acceptors (Lipinski definition) is 2. The van der Waals surface area contributed by atoms with Gasteiger partial charge in [0.15, 0.2) is 0 Å². The molecule has 5 heteroatoms. The first-order valence-electron chi connectivity index (χ1n) is 3.24. The van der Waals surface area contributed by atoms with E-state index in [0.717, 1.165) is 0 Å². The van der Waals surface area contributed by atoms with Crippen molar-refractivity contribution in [1.82, 2.24) is 0 Å². The first kappa shape index (κ1) is 10.4. The average Bonchev–Trinajstić information content (AvgIpc) is 2.01. The number of aliphatic carboxylic acids is 1. The van der Waals surface area contributed by atoms with E-state index >= 15 is 0 Å². The molecule has 0 saturated heterocycles. The highest BCUT2D eigenvalue weighted by Gasteiger charge is 2.14. The lowest BCUT2D eigenvalue weighted by Crippen LogP contribution is -2.12. The summed E-state index contributed by atoms with van der Waals surface area (Å²) < 4.78 is 1.32. The number of benzene rings is 1. The smallest absolute Gasteiger partial charge is 0.377 e. The molecule has 0 spiro atoms. The Labute approximate surface area is 91.0 Å². The van der Waals surface area contributed by atoms with Gasteiger partial charge in [-0.1, -0.05) is 31.9 Å². The first-order chi connectivity index (χ1) is 6.00. The molecule has 3 nitrogen and oxygen atoms in total. The minimum absolute atomic E-state index is 0.147. The second kappa shape index (κ2) is 4.02. The third kappa shape index (κ3) is 2.63. The highest BCUT2D eigenvalue weighted by atomic mass is 79.9. The third-order valence-corrected chi connectivity index (χ3v) is 2.23. The Kier molecular flexibility index (Phi) is 3.22. The Morgan fingerprint density at radius 2 is 1.54 bits per heavy atom. The van der Waals surface area contributed by atoms with Crippen LogP contribution in [0.5, 0.6) is 0 Å². The largest absolute Gasteiger partial charge is 0.475 e. The molecule has 0 radical (unpaired) electrons. The van der Waals surface area contributed by atoms with Gasteiger partial charge in [-0.2, -0.15) is 0 Å². The maximum atomic E-state index is 11.0. The molecule has 0 aromatic heterocycles. The number of Topliss-reactive ketones (excluding diaryl/α,β-unsaturated/α-hetero) is 1. The van der Waals surface area contributed by atoms with Gasteiger partial charge in [0.2, 0.25) is 0 Å². The predicted octanol–water partition coefficient (Wildman–Crippen LogP) is 2.48. The van der Waals surface area contributed by atoms with Gasteiger partial charge < -0.3 is 5.11 Å². The molecule has 0 aliphatic heterocycles. The Hall–Kier alpha value is -0.680. The first-order valence-corrected chi connectivity index (χ1v) is 4.83. The van der Waals surface area contributed by atoms with Crippen LogP contribution in [-0.4, -0.2) is 16.9 Å². The normalized spacial score (nSPS) is 9.69. The van der Waals surface area contributed by atoms with E-state index < -0.39 is 11.8 Å². The molecule has 0 bridgehead atoms. The standard InChI is InChI=1S/C8H4Br2O3/c9-5-1-4(2-6(10)3-5)7(11)8(12)13/h1-3H,(H,12,13). The van der Waals surface area contributed by atoms with E-state index in [9.17, 15) is 9.59 Å². The van der Waals surface area contributed by atoms with Gasteiger partial charge in [-0.15, -0.1) is 0 Å². The molecule has 0 aliphatic carbocycles. The van der Waals surface area contributed by atoms with E-state index in [-0.39, 0.29) is 5.56 Å². The molecule has 1 aromatic rings. The highest BCUT2D eigenvalue weighted by molar-refractivity contribution is 9.11. The van der Waals surface area contributed by atoms with Gasteiger partial charge in [-0.25, -0.2) is 4.79 Å². The molecule has 68 valence electrons. The van der Waals surface area contributed by atoms with Crippen LogP contribution in [0.2, 0.25) is 0 Å². The average molecular weight is 308 g/mol. The van der Waals surface area contributed by atoms with Crippen molar-refractivity contribution in [2.75, 3.05) is 0 Å². The van der Waals surface area contributed by atoms with Gasteiger partial charge in [-0.05, 0) is 18.2 Å². The van der Waals surface area contributed by atoms with Crippen LogP contribution >= 0.6 is 31.9 Å². The van der Waals surface area contributed by atoms with Crippen LogP contribution < -0.4 is 0 Å². The van der Waals surface area contributed by atoms with Gasteiger partial charge in [-0.3, -0.25) is 4.79 Å². The number of hydrogen-bond donors (Lipinski definition) is 1. The van der Waals surface area contributed by atoms with E-state index in [4.69, 9.17) is 5.11 Å². The number of carboxylic acid groups (broad SMARTS) is 1. The number of halogens is 2. The van der Waals surface area contributed by atoms with E-state index in [2.05, 4.69) is 31.9 Å². The molecule has 0 heterocycles. The maximum absolute atomic E-state index is 11.0. The molecular formula is C8H4Br2O3. The quantitative estimate of drug-likeness (QED) is 0.674. The molecule has 1 aromatic carbocycles. The van der Waals surface area contributed by atoms with Gasteiger partial charge in [0.25, 0.3) is 5.78 Å². The summed E-state index contributed by atoms with van der Waals surface area (Å²) in [5.41, 5.74) is 0.147. The highest BCUT2D eigenvalue weighted by Crippen LogP contribution is 2.20. The summed E-state index contributed by atoms with van der Waals surface area (Å²) in [6, 6.07) is 4.64. The van der Waals surface area contributed by atoms with Gasteiger partial charge >= 0.3 is 5.97 Å². The lowest BCUT2D eigenvalue weighted by atomic mass is 10.1. The molecule has 0 saturated carbocycles. The second-order valence-corrected chi connectivity index (χ2v) is 4.12. The zero-order valence-corrected chi connectivity index (χ0v) is 9.42. The van der Waals surface area contributed by atoms with Crippen LogP contribution in [0.3, 0.4) is 0 Å². The Bertz CT molecular complexity index is 353. The molecule has 0 fully saturated rings. The van der Waals surface area contributed by atoms with E-state index in [0.29, 0.717) is 8.95 Å². The van der Waals surface area contributed by atoms with Crippen LogP contribution in [0, 0.1) is 0 Å². The van der Waals surface area contributed by atoms with Crippen molar-refractivity contribution in [3.8, 4) is 0 Å². The lowest BCUT2D eigenvalue weighted by Gasteiger charge is -1.98. The number of carbonyl (C=O) groups is 2. The number of carbonyl (C=O) groups excluding carboxylic acids is 1. The molecule has 13 heavy (non-hydrogen) atoms. The summed E-state index contributed by atoms with van der Waals surface area (Å²) in [7, 11) is 0. The zero-order chi connectivity index (χ0) is 10.0. The number of rotatable bonds is 2. The monoisotopic (exact) mass is 306 g/mol. The topological polar surface area (TPSA) is 54.4 Å². The summed E-state index contributed by atoms with van der Waals surface area (Å²) in [5, 5.41) is 8.44. The van der Waals surface area contributed by atoms with E-state index in [1.807, 2.05) is 0 Å². The van der Waals surface area contributed by atoms with Crippen LogP contribution in [0.4, 0.5) is 0 Å².